The fourth-order valence-electron chi connectivity index (χ4n) is 4.30. The summed E-state index contributed by atoms with van der Waals surface area (Å²) >= 11 is 12.4. The van der Waals surface area contributed by atoms with Gasteiger partial charge in [0.15, 0.2) is 0 Å². The fourth-order valence-corrected chi connectivity index (χ4v) is 4.61. The summed E-state index contributed by atoms with van der Waals surface area (Å²) in [5, 5.41) is 11.3. The minimum absolute atomic E-state index is 0.0587. The third kappa shape index (κ3) is 3.09. The number of benzene rings is 2. The Morgan fingerprint density at radius 2 is 1.81 bits per heavy atom. The molecule has 2 fully saturated rings. The van der Waals surface area contributed by atoms with Gasteiger partial charge in [-0.25, -0.2) is 10.9 Å². The van der Waals surface area contributed by atoms with Crippen LogP contribution >= 0.6 is 23.2 Å². The summed E-state index contributed by atoms with van der Waals surface area (Å²) in [6.07, 6.45) is 0.859. The van der Waals surface area contributed by atoms with Gasteiger partial charge in [-0.1, -0.05) is 54.4 Å². The van der Waals surface area contributed by atoms with E-state index in [4.69, 9.17) is 23.2 Å². The van der Waals surface area contributed by atoms with E-state index in [1.54, 1.807) is 18.2 Å². The highest BCUT2D eigenvalue weighted by atomic mass is 35.5. The molecule has 4 unspecified atom stereocenters. The number of nitrogens with one attached hydrogen (secondary N) is 2. The Kier molecular flexibility index (Phi) is 5.03. The Bertz CT molecular complexity index is 876. The van der Waals surface area contributed by atoms with E-state index in [1.807, 2.05) is 29.2 Å². The highest BCUT2D eigenvalue weighted by Gasteiger charge is 2.55. The molecule has 2 aliphatic rings. The number of fused-ring (bicyclic) bond motifs is 1. The number of carbonyl (C=O) groups excluding carboxylic acids is 1. The minimum atomic E-state index is -0.361. The smallest absolute Gasteiger partial charge is 0.242 e. The summed E-state index contributed by atoms with van der Waals surface area (Å²) in [4.78, 5) is 15.0. The van der Waals surface area contributed by atoms with Crippen molar-refractivity contribution in [3.63, 3.8) is 0 Å². The lowest BCUT2D eigenvalue weighted by Crippen LogP contribution is -2.41. The number of hydrogen-bond acceptors (Lipinski definition) is 4. The van der Waals surface area contributed by atoms with Gasteiger partial charge in [-0.3, -0.25) is 4.79 Å². The third-order valence-corrected chi connectivity index (χ3v) is 6.17. The van der Waals surface area contributed by atoms with E-state index >= 15 is 0 Å². The van der Waals surface area contributed by atoms with E-state index in [0.717, 1.165) is 17.5 Å². The van der Waals surface area contributed by atoms with Crippen molar-refractivity contribution in [3.05, 3.63) is 63.6 Å². The largest absolute Gasteiger partial charge is 0.508 e. The van der Waals surface area contributed by atoms with Gasteiger partial charge in [0.25, 0.3) is 0 Å². The maximum Gasteiger partial charge on any atom is 0.242 e. The molecule has 4 atom stereocenters. The summed E-state index contributed by atoms with van der Waals surface area (Å²) in [6.45, 7) is 2.71. The van der Waals surface area contributed by atoms with E-state index in [2.05, 4.69) is 17.8 Å². The number of carbonyl (C=O) groups is 1. The first-order valence-electron chi connectivity index (χ1n) is 9.07. The second kappa shape index (κ2) is 7.32. The molecular formula is C20H21Cl2N3O2. The SMILES string of the molecule is CCCN1C(=O)C2NNC(c3ccccc3O)C2C1c1ccc(Cl)c(Cl)c1. The number of rotatable bonds is 4. The molecule has 0 aliphatic carbocycles. The molecule has 2 aliphatic heterocycles. The second-order valence-electron chi connectivity index (χ2n) is 7.03. The summed E-state index contributed by atoms with van der Waals surface area (Å²) < 4.78 is 0. The van der Waals surface area contributed by atoms with E-state index in [-0.39, 0.29) is 35.7 Å². The number of aromatic hydroxyl groups is 1. The molecule has 1 amide bonds. The lowest BCUT2D eigenvalue weighted by Gasteiger charge is -2.31. The molecule has 2 aromatic carbocycles. The molecular weight excluding hydrogens is 385 g/mol. The molecule has 2 heterocycles. The van der Waals surface area contributed by atoms with Gasteiger partial charge in [0.05, 0.1) is 22.1 Å². The molecule has 0 aromatic heterocycles. The Morgan fingerprint density at radius 1 is 1.07 bits per heavy atom. The topological polar surface area (TPSA) is 64.6 Å². The van der Waals surface area contributed by atoms with E-state index in [9.17, 15) is 9.90 Å². The van der Waals surface area contributed by atoms with Crippen molar-refractivity contribution in [2.75, 3.05) is 6.54 Å². The Labute approximate surface area is 168 Å². The van der Waals surface area contributed by atoms with Crippen LogP contribution in [0.4, 0.5) is 0 Å². The molecule has 7 heteroatoms. The molecule has 27 heavy (non-hydrogen) atoms. The van der Waals surface area contributed by atoms with Crippen LogP contribution in [0.15, 0.2) is 42.5 Å². The molecule has 0 spiro atoms. The Hall–Kier alpha value is -1.79. The van der Waals surface area contributed by atoms with Gasteiger partial charge in [-0.15, -0.1) is 0 Å². The van der Waals surface area contributed by atoms with E-state index in [1.165, 1.54) is 0 Å². The van der Waals surface area contributed by atoms with Crippen molar-refractivity contribution in [3.8, 4) is 5.75 Å². The average molecular weight is 406 g/mol. The van der Waals surface area contributed by atoms with Crippen molar-refractivity contribution in [2.24, 2.45) is 5.92 Å². The van der Waals surface area contributed by atoms with E-state index < -0.39 is 0 Å². The molecule has 3 N–H and O–H groups in total. The van der Waals surface area contributed by atoms with Gasteiger partial charge in [-0.2, -0.15) is 0 Å². The zero-order valence-corrected chi connectivity index (χ0v) is 16.3. The van der Waals surface area contributed by atoms with Crippen molar-refractivity contribution < 1.29 is 9.90 Å². The zero-order valence-electron chi connectivity index (χ0n) is 14.8. The van der Waals surface area contributed by atoms with Gasteiger partial charge in [0.2, 0.25) is 5.91 Å². The third-order valence-electron chi connectivity index (χ3n) is 5.44. The van der Waals surface area contributed by atoms with Crippen molar-refractivity contribution in [1.29, 1.82) is 0 Å². The summed E-state index contributed by atoms with van der Waals surface area (Å²) in [7, 11) is 0. The Morgan fingerprint density at radius 3 is 2.52 bits per heavy atom. The van der Waals surface area contributed by atoms with Gasteiger partial charge in [0.1, 0.15) is 11.8 Å². The number of likely N-dealkylation sites (tertiary alicyclic amines) is 1. The highest BCUT2D eigenvalue weighted by molar-refractivity contribution is 6.42. The van der Waals surface area contributed by atoms with Crippen molar-refractivity contribution in [2.45, 2.75) is 31.5 Å². The number of phenolic OH excluding ortho intramolecular Hbond substituents is 1. The van der Waals surface area contributed by atoms with E-state index in [0.29, 0.717) is 16.6 Å². The fraction of sp³-hybridized carbons (Fsp3) is 0.350. The number of nitrogens with zero attached hydrogens (tertiary/aromatic N) is 1. The number of halogens is 2. The lowest BCUT2D eigenvalue weighted by molar-refractivity contribution is -0.130. The average Bonchev–Trinajstić information content (AvgIpc) is 3.18. The Balaban J connectivity index is 1.80. The normalized spacial score (nSPS) is 27.2. The monoisotopic (exact) mass is 405 g/mol. The first-order chi connectivity index (χ1) is 13.0. The van der Waals surface area contributed by atoms with Crippen LogP contribution in [-0.4, -0.2) is 28.5 Å². The summed E-state index contributed by atoms with van der Waals surface area (Å²) in [6, 6.07) is 12.0. The lowest BCUT2D eigenvalue weighted by atomic mass is 9.83. The molecule has 5 nitrogen and oxygen atoms in total. The number of phenols is 1. The molecule has 0 bridgehead atoms. The molecule has 0 saturated carbocycles. The van der Waals surface area contributed by atoms with Crippen LogP contribution < -0.4 is 10.9 Å². The van der Waals surface area contributed by atoms with Crippen molar-refractivity contribution >= 4 is 29.1 Å². The highest BCUT2D eigenvalue weighted by Crippen LogP contribution is 2.49. The van der Waals surface area contributed by atoms with Crippen LogP contribution in [-0.2, 0) is 4.79 Å². The predicted octanol–water partition coefficient (Wildman–Crippen LogP) is 3.83. The van der Waals surface area contributed by atoms with Crippen LogP contribution in [0.2, 0.25) is 10.0 Å². The number of hydrogen-bond donors (Lipinski definition) is 3. The maximum atomic E-state index is 13.1. The quantitative estimate of drug-likeness (QED) is 0.722. The first kappa shape index (κ1) is 18.6. The number of para-hydroxylation sites is 1. The molecule has 4 rings (SSSR count). The van der Waals surface area contributed by atoms with Gasteiger partial charge >= 0.3 is 0 Å². The van der Waals surface area contributed by atoms with Crippen LogP contribution in [0.3, 0.4) is 0 Å². The molecule has 2 saturated heterocycles. The molecule has 2 aromatic rings. The van der Waals surface area contributed by atoms with Gasteiger partial charge < -0.3 is 10.0 Å². The van der Waals surface area contributed by atoms with Crippen molar-refractivity contribution in [1.82, 2.24) is 15.8 Å². The van der Waals surface area contributed by atoms with Crippen LogP contribution in [0.1, 0.15) is 36.6 Å². The number of hydrazine groups is 1. The van der Waals surface area contributed by atoms with Crippen LogP contribution in [0.25, 0.3) is 0 Å². The van der Waals surface area contributed by atoms with Gasteiger partial charge in [0, 0.05) is 18.0 Å². The maximum absolute atomic E-state index is 13.1. The molecule has 0 radical (unpaired) electrons. The zero-order chi connectivity index (χ0) is 19.1. The second-order valence-corrected chi connectivity index (χ2v) is 7.84. The predicted molar refractivity (Wildman–Crippen MR) is 106 cm³/mol. The summed E-state index contributed by atoms with van der Waals surface area (Å²) in [5.41, 5.74) is 8.09. The first-order valence-corrected chi connectivity index (χ1v) is 9.83. The standard InChI is InChI=1S/C20H21Cl2N3O2/c1-2-9-25-19(11-7-8-13(21)14(22)10-11)16-17(23-24-18(16)20(25)27)12-5-3-4-6-15(12)26/h3-8,10,16-19,23-24,26H,2,9H2,1H3. The van der Waals surface area contributed by atoms with Gasteiger partial charge in [-0.05, 0) is 30.2 Å². The van der Waals surface area contributed by atoms with Crippen LogP contribution in [0.5, 0.6) is 5.75 Å². The minimum Gasteiger partial charge on any atom is -0.508 e. The summed E-state index contributed by atoms with van der Waals surface area (Å²) in [5.74, 6) is 0.185. The number of amides is 1. The molecule has 142 valence electrons. The van der Waals surface area contributed by atoms with Crippen LogP contribution in [0, 0.1) is 5.92 Å².